The van der Waals surface area contributed by atoms with Crippen LogP contribution in [0.4, 0.5) is 5.82 Å². The lowest BCUT2D eigenvalue weighted by molar-refractivity contribution is 0.397. The molecule has 0 aliphatic rings. The Morgan fingerprint density at radius 2 is 2.06 bits per heavy atom. The summed E-state index contributed by atoms with van der Waals surface area (Å²) in [4.78, 5) is 8.10. The Morgan fingerprint density at radius 3 is 2.72 bits per heavy atom. The van der Waals surface area contributed by atoms with Crippen molar-refractivity contribution in [1.29, 1.82) is 0 Å². The molecule has 94 valence electrons. The van der Waals surface area contributed by atoms with E-state index in [1.54, 1.807) is 13.2 Å². The number of anilines is 1. The fraction of sp³-hybridized carbons (Fsp3) is 0.231. The highest BCUT2D eigenvalue weighted by Crippen LogP contribution is 2.20. The quantitative estimate of drug-likeness (QED) is 0.843. The highest BCUT2D eigenvalue weighted by molar-refractivity contribution is 6.18. The Morgan fingerprint density at radius 1 is 1.28 bits per heavy atom. The molecular weight excluding hydrogens is 250 g/mol. The van der Waals surface area contributed by atoms with Crippen molar-refractivity contribution in [3.63, 3.8) is 0 Å². The number of methoxy groups -OCH3 is 1. The van der Waals surface area contributed by atoms with E-state index in [4.69, 9.17) is 16.3 Å². The smallest absolute Gasteiger partial charge is 0.218 e. The Bertz CT molecular complexity index is 493. The van der Waals surface area contributed by atoms with Gasteiger partial charge in [0.25, 0.3) is 0 Å². The van der Waals surface area contributed by atoms with Gasteiger partial charge in [-0.25, -0.2) is 9.97 Å². The van der Waals surface area contributed by atoms with Crippen LogP contribution in [0.15, 0.2) is 42.7 Å². The van der Waals surface area contributed by atoms with E-state index in [1.807, 2.05) is 30.3 Å². The number of hydrogen-bond donors (Lipinski definition) is 1. The predicted molar refractivity (Wildman–Crippen MR) is 72.1 cm³/mol. The summed E-state index contributed by atoms with van der Waals surface area (Å²) >= 11 is 5.99. The minimum Gasteiger partial charge on any atom is -0.481 e. The molecule has 0 bridgehead atoms. The maximum Gasteiger partial charge on any atom is 0.218 e. The number of rotatable bonds is 5. The van der Waals surface area contributed by atoms with Crippen LogP contribution in [-0.2, 0) is 0 Å². The molecule has 0 aliphatic heterocycles. The number of hydrogen-bond acceptors (Lipinski definition) is 4. The molecule has 0 saturated heterocycles. The van der Waals surface area contributed by atoms with Crippen molar-refractivity contribution in [2.75, 3.05) is 18.3 Å². The first kappa shape index (κ1) is 12.6. The first-order valence-corrected chi connectivity index (χ1v) is 6.10. The lowest BCUT2D eigenvalue weighted by Gasteiger charge is -2.17. The fourth-order valence-corrected chi connectivity index (χ4v) is 1.86. The second kappa shape index (κ2) is 6.21. The normalized spacial score (nSPS) is 11.9. The standard InChI is InChI=1S/C13H14ClN3O/c1-18-13-7-12(15-9-16-13)17-11(8-14)10-5-3-2-4-6-10/h2-7,9,11H,8H2,1H3,(H,15,16,17). The average molecular weight is 264 g/mol. The molecule has 0 saturated carbocycles. The van der Waals surface area contributed by atoms with Gasteiger partial charge in [-0.05, 0) is 5.56 Å². The number of alkyl halides is 1. The van der Waals surface area contributed by atoms with Gasteiger partial charge in [0, 0.05) is 11.9 Å². The summed E-state index contributed by atoms with van der Waals surface area (Å²) < 4.78 is 5.05. The minimum atomic E-state index is 0.00692. The van der Waals surface area contributed by atoms with E-state index < -0.39 is 0 Å². The highest BCUT2D eigenvalue weighted by Gasteiger charge is 2.10. The van der Waals surface area contributed by atoms with Crippen LogP contribution in [0.25, 0.3) is 0 Å². The van der Waals surface area contributed by atoms with Gasteiger partial charge in [0.1, 0.15) is 12.1 Å². The molecule has 1 aromatic carbocycles. The van der Waals surface area contributed by atoms with Crippen molar-refractivity contribution in [3.8, 4) is 5.88 Å². The second-order valence-corrected chi connectivity index (χ2v) is 4.02. The monoisotopic (exact) mass is 263 g/mol. The van der Waals surface area contributed by atoms with Gasteiger partial charge in [-0.15, -0.1) is 11.6 Å². The molecule has 0 spiro atoms. The van der Waals surface area contributed by atoms with Gasteiger partial charge in [-0.3, -0.25) is 0 Å². The molecule has 18 heavy (non-hydrogen) atoms. The summed E-state index contributed by atoms with van der Waals surface area (Å²) in [6.07, 6.45) is 1.46. The summed E-state index contributed by atoms with van der Waals surface area (Å²) in [5.74, 6) is 1.67. The lowest BCUT2D eigenvalue weighted by atomic mass is 10.1. The van der Waals surface area contributed by atoms with Crippen LogP contribution in [0, 0.1) is 0 Å². The first-order chi connectivity index (χ1) is 8.83. The number of nitrogens with zero attached hydrogens (tertiary/aromatic N) is 2. The molecule has 1 heterocycles. The summed E-state index contributed by atoms with van der Waals surface area (Å²) in [5.41, 5.74) is 1.12. The van der Waals surface area contributed by atoms with Crippen molar-refractivity contribution in [1.82, 2.24) is 9.97 Å². The maximum atomic E-state index is 5.99. The van der Waals surface area contributed by atoms with Crippen molar-refractivity contribution in [3.05, 3.63) is 48.3 Å². The molecule has 1 N–H and O–H groups in total. The third kappa shape index (κ3) is 3.11. The van der Waals surface area contributed by atoms with E-state index in [-0.39, 0.29) is 6.04 Å². The van der Waals surface area contributed by atoms with Crippen LogP contribution in [0.2, 0.25) is 0 Å². The van der Waals surface area contributed by atoms with Crippen LogP contribution in [-0.4, -0.2) is 23.0 Å². The predicted octanol–water partition coefficient (Wildman–Crippen LogP) is 2.88. The van der Waals surface area contributed by atoms with E-state index in [2.05, 4.69) is 15.3 Å². The van der Waals surface area contributed by atoms with Crippen LogP contribution in [0.1, 0.15) is 11.6 Å². The van der Waals surface area contributed by atoms with Gasteiger partial charge in [-0.2, -0.15) is 0 Å². The zero-order chi connectivity index (χ0) is 12.8. The molecular formula is C13H14ClN3O. The zero-order valence-electron chi connectivity index (χ0n) is 10.0. The zero-order valence-corrected chi connectivity index (χ0v) is 10.8. The molecule has 0 aliphatic carbocycles. The van der Waals surface area contributed by atoms with Crippen LogP contribution in [0.5, 0.6) is 5.88 Å². The molecule has 1 aromatic heterocycles. The van der Waals surface area contributed by atoms with E-state index in [9.17, 15) is 0 Å². The molecule has 0 fully saturated rings. The Labute approximate surface area is 111 Å². The topological polar surface area (TPSA) is 47.0 Å². The van der Waals surface area contributed by atoms with Crippen molar-refractivity contribution in [2.45, 2.75) is 6.04 Å². The maximum absolute atomic E-state index is 5.99. The van der Waals surface area contributed by atoms with Gasteiger partial charge < -0.3 is 10.1 Å². The molecule has 0 radical (unpaired) electrons. The van der Waals surface area contributed by atoms with E-state index >= 15 is 0 Å². The van der Waals surface area contributed by atoms with Crippen molar-refractivity contribution in [2.24, 2.45) is 0 Å². The second-order valence-electron chi connectivity index (χ2n) is 3.71. The largest absolute Gasteiger partial charge is 0.481 e. The molecule has 1 atom stereocenters. The number of benzene rings is 1. The van der Waals surface area contributed by atoms with Gasteiger partial charge in [0.15, 0.2) is 0 Å². The number of ether oxygens (including phenoxy) is 1. The van der Waals surface area contributed by atoms with Crippen LogP contribution < -0.4 is 10.1 Å². The van der Waals surface area contributed by atoms with E-state index in [0.717, 1.165) is 5.56 Å². The van der Waals surface area contributed by atoms with Gasteiger partial charge in [-0.1, -0.05) is 30.3 Å². The highest BCUT2D eigenvalue weighted by atomic mass is 35.5. The first-order valence-electron chi connectivity index (χ1n) is 5.57. The summed E-state index contributed by atoms with van der Waals surface area (Å²) in [6.45, 7) is 0. The third-order valence-electron chi connectivity index (χ3n) is 2.53. The van der Waals surface area contributed by atoms with Crippen LogP contribution in [0.3, 0.4) is 0 Å². The molecule has 1 unspecified atom stereocenters. The number of aromatic nitrogens is 2. The van der Waals surface area contributed by atoms with Gasteiger partial charge >= 0.3 is 0 Å². The average Bonchev–Trinajstić information content (AvgIpc) is 2.46. The minimum absolute atomic E-state index is 0.00692. The molecule has 2 aromatic rings. The van der Waals surface area contributed by atoms with Gasteiger partial charge in [0.2, 0.25) is 5.88 Å². The van der Waals surface area contributed by atoms with Crippen LogP contribution >= 0.6 is 11.6 Å². The third-order valence-corrected chi connectivity index (χ3v) is 2.84. The Balaban J connectivity index is 2.15. The van der Waals surface area contributed by atoms with Gasteiger partial charge in [0.05, 0.1) is 13.2 Å². The van der Waals surface area contributed by atoms with E-state index in [1.165, 1.54) is 6.33 Å². The molecule has 4 nitrogen and oxygen atoms in total. The summed E-state index contributed by atoms with van der Waals surface area (Å²) in [5, 5.41) is 3.26. The Hall–Kier alpha value is -1.81. The number of nitrogens with one attached hydrogen (secondary N) is 1. The summed E-state index contributed by atoms with van der Waals surface area (Å²) in [6, 6.07) is 11.7. The van der Waals surface area contributed by atoms with E-state index in [0.29, 0.717) is 17.6 Å². The Kier molecular flexibility index (Phi) is 4.36. The van der Waals surface area contributed by atoms with Crippen molar-refractivity contribution >= 4 is 17.4 Å². The lowest BCUT2D eigenvalue weighted by Crippen LogP contribution is -2.13. The fourth-order valence-electron chi connectivity index (χ4n) is 1.60. The molecule has 5 heteroatoms. The van der Waals surface area contributed by atoms with Crippen molar-refractivity contribution < 1.29 is 4.74 Å². The SMILES string of the molecule is COc1cc(NC(CCl)c2ccccc2)ncn1. The summed E-state index contributed by atoms with van der Waals surface area (Å²) in [7, 11) is 1.57. The molecule has 2 rings (SSSR count). The number of halogens is 1. The molecule has 0 amide bonds.